The zero-order valence-corrected chi connectivity index (χ0v) is 14.8. The Morgan fingerprint density at radius 2 is 1.56 bits per heavy atom. The molecule has 0 bridgehead atoms. The highest BCUT2D eigenvalue weighted by Crippen LogP contribution is 2.30. The molecule has 0 unspecified atom stereocenters. The van der Waals surface area contributed by atoms with Crippen molar-refractivity contribution in [3.05, 3.63) is 72.3 Å². The first-order valence-electron chi connectivity index (χ1n) is 7.83. The lowest BCUT2D eigenvalue weighted by Gasteiger charge is -2.07. The van der Waals surface area contributed by atoms with Crippen molar-refractivity contribution in [1.29, 1.82) is 0 Å². The second kappa shape index (κ2) is 6.20. The zero-order valence-electron chi connectivity index (χ0n) is 14.0. The number of aromatic nitrogens is 4. The minimum atomic E-state index is -3.99. The van der Waals surface area contributed by atoms with E-state index < -0.39 is 21.7 Å². The number of pyridine rings is 1. The van der Waals surface area contributed by atoms with E-state index in [0.29, 0.717) is 0 Å². The van der Waals surface area contributed by atoms with Gasteiger partial charge in [0.1, 0.15) is 5.82 Å². The van der Waals surface area contributed by atoms with E-state index in [9.17, 15) is 17.2 Å². The SMILES string of the molecule is Cc1ccc(S(=O)(=O)n2cc(-c3ncc(F)cn3)c3cc(F)cnc32)cc1. The van der Waals surface area contributed by atoms with Gasteiger partial charge in [-0.1, -0.05) is 17.7 Å². The Balaban J connectivity index is 1.99. The second-order valence-electron chi connectivity index (χ2n) is 5.91. The van der Waals surface area contributed by atoms with Gasteiger partial charge < -0.3 is 0 Å². The molecule has 0 amide bonds. The summed E-state index contributed by atoms with van der Waals surface area (Å²) < 4.78 is 54.0. The van der Waals surface area contributed by atoms with Gasteiger partial charge in [-0.2, -0.15) is 0 Å². The maximum absolute atomic E-state index is 13.7. The molecule has 3 heterocycles. The third kappa shape index (κ3) is 2.95. The predicted molar refractivity (Wildman–Crippen MR) is 94.4 cm³/mol. The highest BCUT2D eigenvalue weighted by Gasteiger charge is 2.24. The van der Waals surface area contributed by atoms with Gasteiger partial charge in [0, 0.05) is 17.1 Å². The maximum Gasteiger partial charge on any atom is 0.269 e. The van der Waals surface area contributed by atoms with Gasteiger partial charge in [0.15, 0.2) is 17.3 Å². The van der Waals surface area contributed by atoms with Crippen LogP contribution < -0.4 is 0 Å². The van der Waals surface area contributed by atoms with Crippen molar-refractivity contribution < 1.29 is 17.2 Å². The summed E-state index contributed by atoms with van der Waals surface area (Å²) in [6.07, 6.45) is 4.09. The molecule has 4 rings (SSSR count). The van der Waals surface area contributed by atoms with E-state index in [0.717, 1.165) is 34.2 Å². The largest absolute Gasteiger partial charge is 0.269 e. The average molecular weight is 386 g/mol. The third-order valence-corrected chi connectivity index (χ3v) is 5.68. The lowest BCUT2D eigenvalue weighted by molar-refractivity contribution is 0.588. The van der Waals surface area contributed by atoms with Crippen LogP contribution in [0.15, 0.2) is 60.0 Å². The average Bonchev–Trinajstić information content (AvgIpc) is 3.02. The quantitative estimate of drug-likeness (QED) is 0.540. The van der Waals surface area contributed by atoms with Gasteiger partial charge >= 0.3 is 0 Å². The first kappa shape index (κ1) is 17.2. The highest BCUT2D eigenvalue weighted by atomic mass is 32.2. The van der Waals surface area contributed by atoms with Crippen molar-refractivity contribution in [3.8, 4) is 11.4 Å². The van der Waals surface area contributed by atoms with Crippen LogP contribution in [-0.4, -0.2) is 27.3 Å². The summed E-state index contributed by atoms with van der Waals surface area (Å²) in [5, 5.41) is 0.206. The molecule has 0 atom stereocenters. The van der Waals surface area contributed by atoms with Crippen LogP contribution >= 0.6 is 0 Å². The molecular weight excluding hydrogens is 374 g/mol. The lowest BCUT2D eigenvalue weighted by Crippen LogP contribution is -2.12. The molecule has 0 aliphatic heterocycles. The molecule has 3 aromatic heterocycles. The van der Waals surface area contributed by atoms with Crippen molar-refractivity contribution in [1.82, 2.24) is 18.9 Å². The van der Waals surface area contributed by atoms with Gasteiger partial charge in [0.05, 0.1) is 23.5 Å². The van der Waals surface area contributed by atoms with E-state index in [1.807, 2.05) is 6.92 Å². The molecule has 6 nitrogen and oxygen atoms in total. The lowest BCUT2D eigenvalue weighted by atomic mass is 10.2. The van der Waals surface area contributed by atoms with E-state index in [1.165, 1.54) is 18.3 Å². The maximum atomic E-state index is 13.7. The van der Waals surface area contributed by atoms with Crippen LogP contribution in [0.2, 0.25) is 0 Å². The first-order valence-corrected chi connectivity index (χ1v) is 9.27. The molecule has 0 aliphatic rings. The fourth-order valence-electron chi connectivity index (χ4n) is 2.69. The Bertz CT molecular complexity index is 1250. The highest BCUT2D eigenvalue weighted by molar-refractivity contribution is 7.90. The molecule has 27 heavy (non-hydrogen) atoms. The van der Waals surface area contributed by atoms with E-state index in [4.69, 9.17) is 0 Å². The van der Waals surface area contributed by atoms with Gasteiger partial charge in [-0.25, -0.2) is 36.1 Å². The smallest absolute Gasteiger partial charge is 0.234 e. The van der Waals surface area contributed by atoms with Crippen LogP contribution in [0.25, 0.3) is 22.4 Å². The van der Waals surface area contributed by atoms with E-state index in [2.05, 4.69) is 15.0 Å². The van der Waals surface area contributed by atoms with Gasteiger partial charge in [-0.3, -0.25) is 0 Å². The fraction of sp³-hybridized carbons (Fsp3) is 0.0556. The zero-order chi connectivity index (χ0) is 19.2. The van der Waals surface area contributed by atoms with Crippen LogP contribution in [-0.2, 0) is 10.0 Å². The Hall–Kier alpha value is -3.20. The fourth-order valence-corrected chi connectivity index (χ4v) is 4.01. The van der Waals surface area contributed by atoms with Crippen molar-refractivity contribution in [3.63, 3.8) is 0 Å². The van der Waals surface area contributed by atoms with Crippen molar-refractivity contribution >= 4 is 21.1 Å². The molecule has 0 saturated carbocycles. The van der Waals surface area contributed by atoms with Crippen LogP contribution in [0.5, 0.6) is 0 Å². The van der Waals surface area contributed by atoms with Gasteiger partial charge in [-0.15, -0.1) is 0 Å². The molecule has 1 aromatic carbocycles. The van der Waals surface area contributed by atoms with Crippen LogP contribution in [0.1, 0.15) is 5.56 Å². The number of rotatable bonds is 3. The molecule has 0 saturated heterocycles. The summed E-state index contributed by atoms with van der Waals surface area (Å²) >= 11 is 0. The van der Waals surface area contributed by atoms with Crippen molar-refractivity contribution in [2.24, 2.45) is 0 Å². The second-order valence-corrected chi connectivity index (χ2v) is 7.72. The van der Waals surface area contributed by atoms with Crippen molar-refractivity contribution in [2.45, 2.75) is 11.8 Å². The molecule has 4 aromatic rings. The number of hydrogen-bond donors (Lipinski definition) is 0. The monoisotopic (exact) mass is 386 g/mol. The number of fused-ring (bicyclic) bond motifs is 1. The van der Waals surface area contributed by atoms with Gasteiger partial charge in [0.25, 0.3) is 10.0 Å². The third-order valence-electron chi connectivity index (χ3n) is 4.02. The summed E-state index contributed by atoms with van der Waals surface area (Å²) in [7, 11) is -3.99. The Labute approximate surface area is 153 Å². The summed E-state index contributed by atoms with van der Waals surface area (Å²) in [6, 6.07) is 7.46. The number of aryl methyl sites for hydroxylation is 1. The van der Waals surface area contributed by atoms with Crippen LogP contribution in [0, 0.1) is 18.6 Å². The summed E-state index contributed by atoms with van der Waals surface area (Å²) in [5.74, 6) is -1.22. The minimum Gasteiger partial charge on any atom is -0.234 e. The molecule has 0 N–H and O–H groups in total. The first-order chi connectivity index (χ1) is 12.9. The van der Waals surface area contributed by atoms with Gasteiger partial charge in [0.2, 0.25) is 0 Å². The molecular formula is C18H12F2N4O2S. The number of hydrogen-bond acceptors (Lipinski definition) is 5. The Morgan fingerprint density at radius 1 is 0.926 bits per heavy atom. The number of halogens is 2. The molecule has 0 radical (unpaired) electrons. The molecule has 0 spiro atoms. The van der Waals surface area contributed by atoms with Crippen LogP contribution in [0.3, 0.4) is 0 Å². The summed E-state index contributed by atoms with van der Waals surface area (Å²) in [5.41, 5.74) is 1.17. The number of nitrogens with zero attached hydrogens (tertiary/aromatic N) is 4. The van der Waals surface area contributed by atoms with Crippen LogP contribution in [0.4, 0.5) is 8.78 Å². The minimum absolute atomic E-state index is 0.0277. The number of benzene rings is 1. The topological polar surface area (TPSA) is 77.7 Å². The van der Waals surface area contributed by atoms with E-state index >= 15 is 0 Å². The predicted octanol–water partition coefficient (Wildman–Crippen LogP) is 3.32. The van der Waals surface area contributed by atoms with E-state index in [-0.39, 0.29) is 27.3 Å². The standard InChI is InChI=1S/C18H12F2N4O2S/c1-11-2-4-14(5-3-11)27(25,26)24-10-16(17-21-8-13(20)9-22-17)15-6-12(19)7-23-18(15)24/h2-10H,1H3. The summed E-state index contributed by atoms with van der Waals surface area (Å²) in [4.78, 5) is 11.7. The van der Waals surface area contributed by atoms with E-state index in [1.54, 1.807) is 12.1 Å². The molecule has 0 aliphatic carbocycles. The van der Waals surface area contributed by atoms with Gasteiger partial charge in [-0.05, 0) is 25.1 Å². The Kier molecular flexibility index (Phi) is 3.96. The van der Waals surface area contributed by atoms with Crippen molar-refractivity contribution in [2.75, 3.05) is 0 Å². The molecule has 9 heteroatoms. The molecule has 136 valence electrons. The Morgan fingerprint density at radius 3 is 2.22 bits per heavy atom. The molecule has 0 fully saturated rings. The summed E-state index contributed by atoms with van der Waals surface area (Å²) in [6.45, 7) is 1.84. The normalized spacial score (nSPS) is 11.8.